The molecule has 7 heteroatoms. The molecule has 0 aliphatic carbocycles. The van der Waals surface area contributed by atoms with Crippen LogP contribution in [0.25, 0.3) is 0 Å². The summed E-state index contributed by atoms with van der Waals surface area (Å²) < 4.78 is 18.7. The predicted octanol–water partition coefficient (Wildman–Crippen LogP) is 2.31. The van der Waals surface area contributed by atoms with Crippen molar-refractivity contribution in [2.24, 2.45) is 0 Å². The van der Waals surface area contributed by atoms with Crippen molar-refractivity contribution in [2.45, 2.75) is 6.92 Å². The normalized spacial score (nSPS) is 14.3. The zero-order valence-electron chi connectivity index (χ0n) is 15.0. The van der Waals surface area contributed by atoms with Crippen molar-refractivity contribution in [3.63, 3.8) is 0 Å². The highest BCUT2D eigenvalue weighted by atomic mass is 19.1. The smallest absolute Gasteiger partial charge is 0.252 e. The SMILES string of the molecule is CCNC(=O)c1ccc(N2CCN(c3ccc(F)cc3OC)CC2)nc1. The van der Waals surface area contributed by atoms with Gasteiger partial charge in [-0.1, -0.05) is 0 Å². The lowest BCUT2D eigenvalue weighted by Crippen LogP contribution is -2.47. The molecule has 1 saturated heterocycles. The van der Waals surface area contributed by atoms with Gasteiger partial charge in [0.1, 0.15) is 17.4 Å². The summed E-state index contributed by atoms with van der Waals surface area (Å²) in [5.74, 6) is 0.979. The van der Waals surface area contributed by atoms with Gasteiger partial charge >= 0.3 is 0 Å². The fourth-order valence-electron chi connectivity index (χ4n) is 3.06. The number of aromatic nitrogens is 1. The fraction of sp³-hybridized carbons (Fsp3) is 0.368. The largest absolute Gasteiger partial charge is 0.494 e. The third kappa shape index (κ3) is 3.87. The molecule has 1 N–H and O–H groups in total. The maximum atomic E-state index is 13.4. The Morgan fingerprint density at radius 2 is 1.92 bits per heavy atom. The molecular weight excluding hydrogens is 335 g/mol. The Morgan fingerprint density at radius 3 is 2.54 bits per heavy atom. The van der Waals surface area contributed by atoms with Crippen LogP contribution in [0.3, 0.4) is 0 Å². The third-order valence-electron chi connectivity index (χ3n) is 4.43. The third-order valence-corrected chi connectivity index (χ3v) is 4.43. The van der Waals surface area contributed by atoms with E-state index in [0.29, 0.717) is 17.9 Å². The molecule has 138 valence electrons. The molecule has 6 nitrogen and oxygen atoms in total. The van der Waals surface area contributed by atoms with Gasteiger partial charge in [-0.3, -0.25) is 4.79 Å². The van der Waals surface area contributed by atoms with Crippen LogP contribution in [0.2, 0.25) is 0 Å². The molecule has 1 aliphatic rings. The van der Waals surface area contributed by atoms with Crippen molar-refractivity contribution in [3.8, 4) is 5.75 Å². The van der Waals surface area contributed by atoms with Gasteiger partial charge in [-0.2, -0.15) is 0 Å². The first-order chi connectivity index (χ1) is 12.6. The Balaban J connectivity index is 1.64. The summed E-state index contributed by atoms with van der Waals surface area (Å²) in [6.07, 6.45) is 1.61. The average Bonchev–Trinajstić information content (AvgIpc) is 2.68. The van der Waals surface area contributed by atoms with E-state index in [1.165, 1.54) is 12.1 Å². The first-order valence-electron chi connectivity index (χ1n) is 8.70. The highest BCUT2D eigenvalue weighted by molar-refractivity contribution is 5.94. The molecule has 1 amide bonds. The summed E-state index contributed by atoms with van der Waals surface area (Å²) >= 11 is 0. The van der Waals surface area contributed by atoms with Gasteiger partial charge in [-0.05, 0) is 31.2 Å². The molecule has 1 aromatic heterocycles. The van der Waals surface area contributed by atoms with Crippen LogP contribution in [0.4, 0.5) is 15.9 Å². The van der Waals surface area contributed by atoms with Crippen molar-refractivity contribution in [1.82, 2.24) is 10.3 Å². The number of ether oxygens (including phenoxy) is 1. The average molecular weight is 358 g/mol. The number of hydrogen-bond donors (Lipinski definition) is 1. The molecule has 1 aliphatic heterocycles. The Morgan fingerprint density at radius 1 is 1.19 bits per heavy atom. The number of benzene rings is 1. The first-order valence-corrected chi connectivity index (χ1v) is 8.70. The number of halogens is 1. The van der Waals surface area contributed by atoms with Gasteiger partial charge in [0.25, 0.3) is 5.91 Å². The highest BCUT2D eigenvalue weighted by Crippen LogP contribution is 2.30. The molecule has 0 saturated carbocycles. The first kappa shape index (κ1) is 18.0. The van der Waals surface area contributed by atoms with Crippen molar-refractivity contribution in [1.29, 1.82) is 0 Å². The summed E-state index contributed by atoms with van der Waals surface area (Å²) in [5, 5.41) is 2.76. The Bertz CT molecular complexity index is 759. The lowest BCUT2D eigenvalue weighted by atomic mass is 10.2. The van der Waals surface area contributed by atoms with E-state index in [1.807, 2.05) is 13.0 Å². The maximum absolute atomic E-state index is 13.4. The maximum Gasteiger partial charge on any atom is 0.252 e. The second kappa shape index (κ2) is 8.03. The van der Waals surface area contributed by atoms with Gasteiger partial charge < -0.3 is 19.9 Å². The van der Waals surface area contributed by atoms with Crippen LogP contribution < -0.4 is 19.9 Å². The molecule has 0 atom stereocenters. The van der Waals surface area contributed by atoms with Gasteiger partial charge in [0.2, 0.25) is 0 Å². The second-order valence-electron chi connectivity index (χ2n) is 6.05. The van der Waals surface area contributed by atoms with Crippen molar-refractivity contribution in [3.05, 3.63) is 47.9 Å². The van der Waals surface area contributed by atoms with Crippen LogP contribution in [-0.2, 0) is 0 Å². The molecule has 0 bridgehead atoms. The van der Waals surface area contributed by atoms with E-state index < -0.39 is 0 Å². The number of piperazine rings is 1. The van der Waals surface area contributed by atoms with Gasteiger partial charge in [0, 0.05) is 45.0 Å². The van der Waals surface area contributed by atoms with Crippen LogP contribution in [0.1, 0.15) is 17.3 Å². The zero-order chi connectivity index (χ0) is 18.5. The Hall–Kier alpha value is -2.83. The summed E-state index contributed by atoms with van der Waals surface area (Å²) in [6, 6.07) is 8.28. The number of amides is 1. The molecule has 1 aromatic carbocycles. The van der Waals surface area contributed by atoms with Crippen LogP contribution in [0.5, 0.6) is 5.75 Å². The van der Waals surface area contributed by atoms with Gasteiger partial charge in [0.15, 0.2) is 0 Å². The molecule has 1 fully saturated rings. The van der Waals surface area contributed by atoms with E-state index in [1.54, 1.807) is 25.4 Å². The summed E-state index contributed by atoms with van der Waals surface area (Å²) in [4.78, 5) is 20.6. The molecule has 2 aromatic rings. The number of rotatable bonds is 5. The van der Waals surface area contributed by atoms with E-state index in [0.717, 1.165) is 37.7 Å². The Labute approximate surface area is 152 Å². The van der Waals surface area contributed by atoms with Gasteiger partial charge in [-0.25, -0.2) is 9.37 Å². The van der Waals surface area contributed by atoms with Crippen molar-refractivity contribution in [2.75, 3.05) is 49.6 Å². The van der Waals surface area contributed by atoms with Crippen molar-refractivity contribution < 1.29 is 13.9 Å². The van der Waals surface area contributed by atoms with Crippen LogP contribution in [0, 0.1) is 5.82 Å². The molecule has 0 radical (unpaired) electrons. The van der Waals surface area contributed by atoms with Crippen molar-refractivity contribution >= 4 is 17.4 Å². The number of pyridine rings is 1. The minimum Gasteiger partial charge on any atom is -0.494 e. The number of nitrogens with zero attached hydrogens (tertiary/aromatic N) is 3. The lowest BCUT2D eigenvalue weighted by Gasteiger charge is -2.37. The second-order valence-corrected chi connectivity index (χ2v) is 6.05. The van der Waals surface area contributed by atoms with E-state index in [9.17, 15) is 9.18 Å². The van der Waals surface area contributed by atoms with Crippen LogP contribution >= 0.6 is 0 Å². The summed E-state index contributed by atoms with van der Waals surface area (Å²) in [7, 11) is 1.55. The number of hydrogen-bond acceptors (Lipinski definition) is 5. The summed E-state index contributed by atoms with van der Waals surface area (Å²) in [5.41, 5.74) is 1.46. The number of carbonyl (C=O) groups excluding carboxylic acids is 1. The van der Waals surface area contributed by atoms with Gasteiger partial charge in [0.05, 0.1) is 18.4 Å². The van der Waals surface area contributed by atoms with E-state index >= 15 is 0 Å². The molecule has 26 heavy (non-hydrogen) atoms. The summed E-state index contributed by atoms with van der Waals surface area (Å²) in [6.45, 7) is 5.61. The lowest BCUT2D eigenvalue weighted by molar-refractivity contribution is 0.0955. The van der Waals surface area contributed by atoms with E-state index in [-0.39, 0.29) is 11.7 Å². The topological polar surface area (TPSA) is 57.7 Å². The molecule has 3 rings (SSSR count). The number of methoxy groups -OCH3 is 1. The van der Waals surface area contributed by atoms with Crippen LogP contribution in [0.15, 0.2) is 36.5 Å². The highest BCUT2D eigenvalue weighted by Gasteiger charge is 2.21. The molecular formula is C19H23FN4O2. The van der Waals surface area contributed by atoms with E-state index in [4.69, 9.17) is 4.74 Å². The molecule has 0 unspecified atom stereocenters. The number of anilines is 2. The standard InChI is InChI=1S/C19H23FN4O2/c1-3-21-19(25)14-4-7-18(22-13-14)24-10-8-23(9-11-24)16-6-5-15(20)12-17(16)26-2/h4-7,12-13H,3,8-11H2,1-2H3,(H,21,25). The van der Waals surface area contributed by atoms with Crippen LogP contribution in [-0.4, -0.2) is 50.7 Å². The minimum atomic E-state index is -0.305. The number of nitrogens with one attached hydrogen (secondary N) is 1. The fourth-order valence-corrected chi connectivity index (χ4v) is 3.06. The minimum absolute atomic E-state index is 0.111. The van der Waals surface area contributed by atoms with Gasteiger partial charge in [-0.15, -0.1) is 0 Å². The zero-order valence-corrected chi connectivity index (χ0v) is 15.0. The van der Waals surface area contributed by atoms with E-state index in [2.05, 4.69) is 20.1 Å². The number of carbonyl (C=O) groups is 1. The Kier molecular flexibility index (Phi) is 5.55. The molecule has 2 heterocycles. The monoisotopic (exact) mass is 358 g/mol. The quantitative estimate of drug-likeness (QED) is 0.889. The predicted molar refractivity (Wildman–Crippen MR) is 99.6 cm³/mol. The molecule has 0 spiro atoms.